The number of aliphatic hydroxyl groups is 1. The van der Waals surface area contributed by atoms with Crippen LogP contribution in [-0.2, 0) is 0 Å². The molecule has 102 valence electrons. The molecule has 1 aliphatic heterocycles. The highest BCUT2D eigenvalue weighted by molar-refractivity contribution is 5.78. The number of aliphatic hydroxyl groups excluding tert-OH is 1. The number of rotatable bonds is 1. The van der Waals surface area contributed by atoms with Gasteiger partial charge in [0.1, 0.15) is 0 Å². The Bertz CT molecular complexity index is 591. The Kier molecular flexibility index (Phi) is 2.86. The van der Waals surface area contributed by atoms with Crippen LogP contribution in [0.2, 0.25) is 0 Å². The van der Waals surface area contributed by atoms with E-state index in [1.165, 1.54) is 22.3 Å². The van der Waals surface area contributed by atoms with Crippen LogP contribution in [-0.4, -0.2) is 29.2 Å². The van der Waals surface area contributed by atoms with Gasteiger partial charge >= 0.3 is 0 Å². The summed E-state index contributed by atoms with van der Waals surface area (Å²) >= 11 is 0. The summed E-state index contributed by atoms with van der Waals surface area (Å²) in [5, 5.41) is 9.99. The number of hydrogen-bond acceptors (Lipinski definition) is 2. The first-order chi connectivity index (χ1) is 9.84. The number of hydrogen-bond donors (Lipinski definition) is 1. The zero-order valence-corrected chi connectivity index (χ0v) is 11.5. The molecule has 20 heavy (non-hydrogen) atoms. The predicted octanol–water partition coefficient (Wildman–Crippen LogP) is 3.21. The van der Waals surface area contributed by atoms with Crippen molar-refractivity contribution in [2.75, 3.05) is 13.1 Å². The largest absolute Gasteiger partial charge is 0.392 e. The minimum absolute atomic E-state index is 0.177. The molecule has 0 radical (unpaired) electrons. The molecule has 1 atom stereocenters. The normalized spacial score (nSPS) is 22.6. The smallest absolute Gasteiger partial charge is 0.0667 e. The highest BCUT2D eigenvalue weighted by Crippen LogP contribution is 2.46. The molecule has 1 heterocycles. The van der Waals surface area contributed by atoms with Crippen molar-refractivity contribution in [1.82, 2.24) is 4.90 Å². The lowest BCUT2D eigenvalue weighted by atomic mass is 9.99. The Labute approximate surface area is 119 Å². The van der Waals surface area contributed by atoms with E-state index in [9.17, 15) is 5.11 Å². The van der Waals surface area contributed by atoms with Crippen molar-refractivity contribution < 1.29 is 5.11 Å². The molecule has 2 aliphatic rings. The number of benzene rings is 2. The van der Waals surface area contributed by atoms with E-state index in [0.717, 1.165) is 25.9 Å². The Morgan fingerprint density at radius 3 is 2.10 bits per heavy atom. The minimum atomic E-state index is -0.177. The van der Waals surface area contributed by atoms with Gasteiger partial charge in [-0.3, -0.25) is 4.90 Å². The Balaban J connectivity index is 1.83. The van der Waals surface area contributed by atoms with Crippen LogP contribution < -0.4 is 0 Å². The second-order valence-corrected chi connectivity index (χ2v) is 5.87. The van der Waals surface area contributed by atoms with E-state index in [2.05, 4.69) is 53.4 Å². The summed E-state index contributed by atoms with van der Waals surface area (Å²) in [6.07, 6.45) is 1.85. The third-order valence-electron chi connectivity index (χ3n) is 4.59. The van der Waals surface area contributed by atoms with E-state index in [1.807, 2.05) is 0 Å². The van der Waals surface area contributed by atoms with Gasteiger partial charge in [-0.15, -0.1) is 0 Å². The zero-order valence-electron chi connectivity index (χ0n) is 11.5. The number of piperidine rings is 1. The highest BCUT2D eigenvalue weighted by atomic mass is 16.3. The van der Waals surface area contributed by atoms with Gasteiger partial charge in [-0.1, -0.05) is 48.5 Å². The lowest BCUT2D eigenvalue weighted by Crippen LogP contribution is -2.40. The molecule has 2 aromatic carbocycles. The van der Waals surface area contributed by atoms with Crippen LogP contribution in [0.5, 0.6) is 0 Å². The van der Waals surface area contributed by atoms with Gasteiger partial charge in [0.05, 0.1) is 12.1 Å². The Hall–Kier alpha value is -1.64. The molecule has 0 aromatic heterocycles. The molecule has 2 heteroatoms. The number of nitrogens with zero attached hydrogens (tertiary/aromatic N) is 1. The number of likely N-dealkylation sites (tertiary alicyclic amines) is 1. The lowest BCUT2D eigenvalue weighted by Gasteiger charge is -2.35. The maximum absolute atomic E-state index is 9.99. The fraction of sp³-hybridized carbons (Fsp3) is 0.333. The van der Waals surface area contributed by atoms with Gasteiger partial charge in [0.2, 0.25) is 0 Å². The molecule has 0 spiro atoms. The molecule has 2 nitrogen and oxygen atoms in total. The van der Waals surface area contributed by atoms with Crippen LogP contribution in [0.25, 0.3) is 11.1 Å². The monoisotopic (exact) mass is 265 g/mol. The van der Waals surface area contributed by atoms with Crippen molar-refractivity contribution >= 4 is 0 Å². The van der Waals surface area contributed by atoms with E-state index < -0.39 is 0 Å². The van der Waals surface area contributed by atoms with Crippen LogP contribution in [0.1, 0.15) is 30.0 Å². The topological polar surface area (TPSA) is 23.5 Å². The van der Waals surface area contributed by atoms with E-state index >= 15 is 0 Å². The molecule has 1 unspecified atom stereocenters. The van der Waals surface area contributed by atoms with E-state index in [1.54, 1.807) is 0 Å². The average Bonchev–Trinajstić information content (AvgIpc) is 2.82. The summed E-state index contributed by atoms with van der Waals surface area (Å²) < 4.78 is 0. The van der Waals surface area contributed by atoms with Crippen molar-refractivity contribution in [3.63, 3.8) is 0 Å². The zero-order chi connectivity index (χ0) is 13.5. The van der Waals surface area contributed by atoms with E-state index in [4.69, 9.17) is 0 Å². The summed E-state index contributed by atoms with van der Waals surface area (Å²) in [5.74, 6) is 0. The standard InChI is InChI=1S/C18H19NO/c20-13-6-5-11-19(12-13)18-16-9-3-1-7-14(16)15-8-2-4-10-17(15)18/h1-4,7-10,13,18,20H,5-6,11-12H2. The molecule has 4 rings (SSSR count). The van der Waals surface area contributed by atoms with Crippen molar-refractivity contribution in [2.45, 2.75) is 25.0 Å². The van der Waals surface area contributed by atoms with Gasteiger partial charge in [-0.25, -0.2) is 0 Å². The molecule has 1 fully saturated rings. The summed E-state index contributed by atoms with van der Waals surface area (Å²) in [7, 11) is 0. The molecular weight excluding hydrogens is 246 g/mol. The number of fused-ring (bicyclic) bond motifs is 3. The van der Waals surface area contributed by atoms with Gasteiger partial charge in [0, 0.05) is 6.54 Å². The molecule has 1 aliphatic carbocycles. The summed E-state index contributed by atoms with van der Waals surface area (Å²) in [6.45, 7) is 1.86. The lowest BCUT2D eigenvalue weighted by molar-refractivity contribution is 0.0560. The average molecular weight is 265 g/mol. The van der Waals surface area contributed by atoms with Crippen LogP contribution in [0.15, 0.2) is 48.5 Å². The highest BCUT2D eigenvalue weighted by Gasteiger charge is 2.34. The molecular formula is C18H19NO. The Morgan fingerprint density at radius 2 is 1.50 bits per heavy atom. The SMILES string of the molecule is OC1CCCN(C2c3ccccc3-c3ccccc32)C1. The van der Waals surface area contributed by atoms with Crippen molar-refractivity contribution in [3.05, 3.63) is 59.7 Å². The van der Waals surface area contributed by atoms with Gasteiger partial charge in [-0.2, -0.15) is 0 Å². The van der Waals surface area contributed by atoms with E-state index in [-0.39, 0.29) is 6.10 Å². The third-order valence-corrected chi connectivity index (χ3v) is 4.59. The second kappa shape index (κ2) is 4.72. The molecule has 1 N–H and O–H groups in total. The fourth-order valence-electron chi connectivity index (χ4n) is 3.74. The molecule has 1 saturated heterocycles. The maximum atomic E-state index is 9.99. The maximum Gasteiger partial charge on any atom is 0.0667 e. The number of β-amino-alcohol motifs (C(OH)–C–C–N with tert-alkyl or cyclic N) is 1. The molecule has 0 amide bonds. The minimum Gasteiger partial charge on any atom is -0.392 e. The predicted molar refractivity (Wildman–Crippen MR) is 80.5 cm³/mol. The van der Waals surface area contributed by atoms with E-state index in [0.29, 0.717) is 6.04 Å². The van der Waals surface area contributed by atoms with Crippen molar-refractivity contribution in [2.24, 2.45) is 0 Å². The first-order valence-corrected chi connectivity index (χ1v) is 7.45. The summed E-state index contributed by atoms with van der Waals surface area (Å²) in [4.78, 5) is 2.44. The van der Waals surface area contributed by atoms with Gasteiger partial charge in [0.15, 0.2) is 0 Å². The van der Waals surface area contributed by atoms with Crippen LogP contribution in [0.4, 0.5) is 0 Å². The summed E-state index contributed by atoms with van der Waals surface area (Å²) in [6, 6.07) is 17.7. The quantitative estimate of drug-likeness (QED) is 0.856. The first-order valence-electron chi connectivity index (χ1n) is 7.45. The third kappa shape index (κ3) is 1.80. The van der Waals surface area contributed by atoms with Crippen LogP contribution in [0.3, 0.4) is 0 Å². The molecule has 0 bridgehead atoms. The Morgan fingerprint density at radius 1 is 0.900 bits per heavy atom. The fourth-order valence-corrected chi connectivity index (χ4v) is 3.74. The van der Waals surface area contributed by atoms with Crippen molar-refractivity contribution in [1.29, 1.82) is 0 Å². The van der Waals surface area contributed by atoms with Gasteiger partial charge in [-0.05, 0) is 41.6 Å². The van der Waals surface area contributed by atoms with Gasteiger partial charge in [0.25, 0.3) is 0 Å². The first kappa shape index (κ1) is 12.1. The second-order valence-electron chi connectivity index (χ2n) is 5.87. The van der Waals surface area contributed by atoms with Gasteiger partial charge < -0.3 is 5.11 Å². The van der Waals surface area contributed by atoms with Crippen LogP contribution in [0, 0.1) is 0 Å². The van der Waals surface area contributed by atoms with Crippen LogP contribution >= 0.6 is 0 Å². The molecule has 0 saturated carbocycles. The summed E-state index contributed by atoms with van der Waals surface area (Å²) in [5.41, 5.74) is 5.49. The van der Waals surface area contributed by atoms with Crippen molar-refractivity contribution in [3.8, 4) is 11.1 Å². The molecule has 2 aromatic rings.